The van der Waals surface area contributed by atoms with Crippen LogP contribution in [0.2, 0.25) is 0 Å². The molecule has 0 amide bonds. The highest BCUT2D eigenvalue weighted by atomic mass is 19.3. The number of esters is 1. The van der Waals surface area contributed by atoms with Crippen LogP contribution in [0.15, 0.2) is 60.7 Å². The van der Waals surface area contributed by atoms with Crippen molar-refractivity contribution in [3.63, 3.8) is 0 Å². The van der Waals surface area contributed by atoms with Gasteiger partial charge < -0.3 is 14.3 Å². The summed E-state index contributed by atoms with van der Waals surface area (Å²) >= 11 is 0. The number of carbonyl (C=O) groups is 2. The topological polar surface area (TPSA) is 65.1 Å². The van der Waals surface area contributed by atoms with Crippen LogP contribution in [0.5, 0.6) is 0 Å². The number of ether oxygens (including phenoxy) is 2. The van der Waals surface area contributed by atoms with Gasteiger partial charge in [0.15, 0.2) is 12.8 Å². The number of carbonyl (C=O) groups excluding carboxylic acids is 2. The lowest BCUT2D eigenvalue weighted by molar-refractivity contribution is -0.165. The summed E-state index contributed by atoms with van der Waals surface area (Å²) in [5, 5.41) is 0.786. The summed E-state index contributed by atoms with van der Waals surface area (Å²) in [6.45, 7) is -0.470. The van der Waals surface area contributed by atoms with Crippen molar-refractivity contribution in [2.24, 2.45) is 0 Å². The Morgan fingerprint density at radius 3 is 2.32 bits per heavy atom. The van der Waals surface area contributed by atoms with E-state index in [1.54, 1.807) is 54.6 Å². The van der Waals surface area contributed by atoms with Gasteiger partial charge >= 0.3 is 12.1 Å². The van der Waals surface area contributed by atoms with Crippen LogP contribution in [-0.2, 0) is 32.1 Å². The molecule has 0 aromatic heterocycles. The molecule has 0 unspecified atom stereocenters. The lowest BCUT2D eigenvalue weighted by Gasteiger charge is -2.23. The zero-order chi connectivity index (χ0) is 20.0. The van der Waals surface area contributed by atoms with Crippen molar-refractivity contribution >= 4 is 12.1 Å². The first-order valence-electron chi connectivity index (χ1n) is 8.67. The summed E-state index contributed by atoms with van der Waals surface area (Å²) in [4.78, 5) is 28.6. The average Bonchev–Trinajstić information content (AvgIpc) is 3.00. The number of nitrogens with zero attached hydrogens (tertiary/aromatic N) is 1. The van der Waals surface area contributed by atoms with Crippen LogP contribution in [-0.4, -0.2) is 35.9 Å². The molecule has 0 radical (unpaired) electrons. The Labute approximate surface area is 160 Å². The minimum atomic E-state index is -3.19. The lowest BCUT2D eigenvalue weighted by atomic mass is 10.0. The van der Waals surface area contributed by atoms with Crippen LogP contribution in [0.4, 0.5) is 13.6 Å². The first-order valence-corrected chi connectivity index (χ1v) is 8.67. The van der Waals surface area contributed by atoms with Gasteiger partial charge in [0, 0.05) is 12.8 Å². The Hall–Kier alpha value is -3.00. The monoisotopic (exact) mass is 391 g/mol. The van der Waals surface area contributed by atoms with Crippen molar-refractivity contribution < 1.29 is 32.7 Å². The van der Waals surface area contributed by atoms with Gasteiger partial charge in [-0.15, -0.1) is 0 Å². The molecule has 1 saturated heterocycles. The fraction of sp³-hybridized carbons (Fsp3) is 0.300. The Kier molecular flexibility index (Phi) is 6.20. The van der Waals surface area contributed by atoms with E-state index in [2.05, 4.69) is 0 Å². The maximum Gasteiger partial charge on any atom is 0.528 e. The van der Waals surface area contributed by atoms with Crippen LogP contribution >= 0.6 is 0 Å². The average molecular weight is 391 g/mol. The van der Waals surface area contributed by atoms with Gasteiger partial charge in [-0.2, -0.15) is 0 Å². The molecule has 2 aromatic carbocycles. The van der Waals surface area contributed by atoms with E-state index in [0.717, 1.165) is 10.6 Å². The zero-order valence-corrected chi connectivity index (χ0v) is 14.9. The molecule has 1 fully saturated rings. The highest BCUT2D eigenvalue weighted by Crippen LogP contribution is 2.30. The second kappa shape index (κ2) is 8.79. The largest absolute Gasteiger partial charge is 0.528 e. The summed E-state index contributed by atoms with van der Waals surface area (Å²) in [7, 11) is 0. The quantitative estimate of drug-likeness (QED) is 0.671. The van der Waals surface area contributed by atoms with Crippen molar-refractivity contribution in [1.29, 1.82) is 0 Å². The van der Waals surface area contributed by atoms with Gasteiger partial charge in [-0.25, -0.2) is 13.6 Å². The van der Waals surface area contributed by atoms with Gasteiger partial charge in [0.25, 0.3) is 5.92 Å². The Morgan fingerprint density at radius 2 is 1.68 bits per heavy atom. The normalized spacial score (nSPS) is 17.2. The number of rotatable bonds is 7. The predicted molar refractivity (Wildman–Crippen MR) is 94.0 cm³/mol. The molecule has 6 nitrogen and oxygen atoms in total. The van der Waals surface area contributed by atoms with Gasteiger partial charge in [-0.3, -0.25) is 4.79 Å². The van der Waals surface area contributed by atoms with Gasteiger partial charge in [0.2, 0.25) is 0 Å². The molecule has 0 spiro atoms. The van der Waals surface area contributed by atoms with E-state index in [4.69, 9.17) is 14.3 Å². The van der Waals surface area contributed by atoms with Crippen LogP contribution in [0.3, 0.4) is 0 Å². The molecule has 1 heterocycles. The molecule has 8 heteroatoms. The van der Waals surface area contributed by atoms with E-state index in [9.17, 15) is 18.4 Å². The number of hydroxylamine groups is 2. The third-order valence-corrected chi connectivity index (χ3v) is 4.14. The SMILES string of the molecule is O=C(OCc1ccccc1)ON1COC(=O)[C@@H]1CC(F)(F)Cc1ccccc1. The molecule has 3 rings (SSSR count). The van der Waals surface area contributed by atoms with Crippen molar-refractivity contribution in [3.05, 3.63) is 71.8 Å². The summed E-state index contributed by atoms with van der Waals surface area (Å²) in [5.41, 5.74) is 1.17. The number of hydrogen-bond acceptors (Lipinski definition) is 6. The third-order valence-electron chi connectivity index (χ3n) is 4.14. The molecule has 2 aromatic rings. The summed E-state index contributed by atoms with van der Waals surface area (Å²) in [6.07, 6.45) is -2.48. The molecule has 148 valence electrons. The number of benzene rings is 2. The maximum absolute atomic E-state index is 14.4. The molecule has 0 N–H and O–H groups in total. The number of hydrogen-bond donors (Lipinski definition) is 0. The molecule has 0 bridgehead atoms. The molecule has 0 saturated carbocycles. The zero-order valence-electron chi connectivity index (χ0n) is 14.9. The second-order valence-electron chi connectivity index (χ2n) is 6.36. The summed E-state index contributed by atoms with van der Waals surface area (Å²) in [6, 6.07) is 15.7. The minimum absolute atomic E-state index is 0.0445. The minimum Gasteiger partial charge on any atom is -0.445 e. The molecule has 1 aliphatic rings. The van der Waals surface area contributed by atoms with Crippen molar-refractivity contribution in [2.75, 3.05) is 6.73 Å². The van der Waals surface area contributed by atoms with Crippen LogP contribution < -0.4 is 0 Å². The number of halogens is 2. The number of alkyl halides is 2. The van der Waals surface area contributed by atoms with E-state index in [-0.39, 0.29) is 6.61 Å². The fourth-order valence-corrected chi connectivity index (χ4v) is 2.79. The van der Waals surface area contributed by atoms with Gasteiger partial charge in [-0.05, 0) is 11.1 Å². The van der Waals surface area contributed by atoms with Gasteiger partial charge in [0.1, 0.15) is 6.61 Å². The summed E-state index contributed by atoms with van der Waals surface area (Å²) in [5.74, 6) is -4.06. The third kappa shape index (κ3) is 5.50. The van der Waals surface area contributed by atoms with Crippen molar-refractivity contribution in [3.8, 4) is 0 Å². The van der Waals surface area contributed by atoms with Crippen molar-refractivity contribution in [2.45, 2.75) is 31.4 Å². The molecule has 28 heavy (non-hydrogen) atoms. The van der Waals surface area contributed by atoms with E-state index in [1.165, 1.54) is 0 Å². The predicted octanol–water partition coefficient (Wildman–Crippen LogP) is 3.71. The number of cyclic esters (lactones) is 1. The van der Waals surface area contributed by atoms with E-state index in [1.807, 2.05) is 6.07 Å². The standard InChI is InChI=1S/C20H19F2NO5/c21-20(22,11-15-7-3-1-4-8-15)12-17-18(24)27-14-23(17)28-19(25)26-13-16-9-5-2-6-10-16/h1-10,17H,11-14H2/t17-/m0/s1. The van der Waals surface area contributed by atoms with Gasteiger partial charge in [-0.1, -0.05) is 65.7 Å². The van der Waals surface area contributed by atoms with E-state index in [0.29, 0.717) is 5.56 Å². The first-order chi connectivity index (χ1) is 13.4. The fourth-order valence-electron chi connectivity index (χ4n) is 2.79. The van der Waals surface area contributed by atoms with Crippen molar-refractivity contribution in [1.82, 2.24) is 5.06 Å². The maximum atomic E-state index is 14.4. The highest BCUT2D eigenvalue weighted by molar-refractivity contribution is 5.77. The molecular weight excluding hydrogens is 372 g/mol. The van der Waals surface area contributed by atoms with Crippen LogP contribution in [0, 0.1) is 0 Å². The van der Waals surface area contributed by atoms with E-state index >= 15 is 0 Å². The summed E-state index contributed by atoms with van der Waals surface area (Å²) < 4.78 is 38.5. The molecule has 1 atom stereocenters. The van der Waals surface area contributed by atoms with Crippen LogP contribution in [0.25, 0.3) is 0 Å². The first kappa shape index (κ1) is 19.8. The Morgan fingerprint density at radius 1 is 1.07 bits per heavy atom. The molecule has 1 aliphatic heterocycles. The molecular formula is C20H19F2NO5. The Bertz CT molecular complexity index is 801. The molecule has 0 aliphatic carbocycles. The smallest absolute Gasteiger partial charge is 0.445 e. The van der Waals surface area contributed by atoms with Gasteiger partial charge in [0.05, 0.1) is 0 Å². The lowest BCUT2D eigenvalue weighted by Crippen LogP contribution is -2.40. The van der Waals surface area contributed by atoms with E-state index < -0.39 is 43.7 Å². The second-order valence-corrected chi connectivity index (χ2v) is 6.36. The van der Waals surface area contributed by atoms with Crippen LogP contribution in [0.1, 0.15) is 17.5 Å². The highest BCUT2D eigenvalue weighted by Gasteiger charge is 2.45. The Balaban J connectivity index is 1.55.